The number of ether oxygens (including phenoxy) is 1. The maximum absolute atomic E-state index is 11.7. The first-order valence-electron chi connectivity index (χ1n) is 5.03. The SMILES string of the molecule is CC(O)(CO)CNS(=O)(=O)N1CCOCC1. The summed E-state index contributed by atoms with van der Waals surface area (Å²) in [5, 5.41) is 18.2. The number of nitrogens with zero attached hydrogens (tertiary/aromatic N) is 1. The lowest BCUT2D eigenvalue weighted by molar-refractivity contribution is 0.00619. The van der Waals surface area contributed by atoms with Gasteiger partial charge in [0.15, 0.2) is 0 Å². The predicted octanol–water partition coefficient (Wildman–Crippen LogP) is -2.10. The van der Waals surface area contributed by atoms with Crippen LogP contribution in [0.3, 0.4) is 0 Å². The zero-order chi connectivity index (χ0) is 12.2. The number of morpholine rings is 1. The van der Waals surface area contributed by atoms with Crippen molar-refractivity contribution in [2.75, 3.05) is 39.5 Å². The lowest BCUT2D eigenvalue weighted by Gasteiger charge is -2.28. The van der Waals surface area contributed by atoms with Gasteiger partial charge in [0.05, 0.1) is 25.4 Å². The highest BCUT2D eigenvalue weighted by Gasteiger charge is 2.27. The Balaban J connectivity index is 2.51. The Bertz CT molecular complexity index is 310. The van der Waals surface area contributed by atoms with E-state index in [1.165, 1.54) is 11.2 Å². The van der Waals surface area contributed by atoms with E-state index in [1.54, 1.807) is 0 Å². The summed E-state index contributed by atoms with van der Waals surface area (Å²) in [5.74, 6) is 0. The molecular formula is C8H18N2O5S. The predicted molar refractivity (Wildman–Crippen MR) is 57.0 cm³/mol. The molecule has 16 heavy (non-hydrogen) atoms. The van der Waals surface area contributed by atoms with Crippen LogP contribution in [0.5, 0.6) is 0 Å². The Hall–Kier alpha value is -0.250. The molecule has 96 valence electrons. The minimum Gasteiger partial charge on any atom is -0.393 e. The number of aliphatic hydroxyl groups is 2. The van der Waals surface area contributed by atoms with Crippen LogP contribution in [0.1, 0.15) is 6.92 Å². The average molecular weight is 254 g/mol. The van der Waals surface area contributed by atoms with E-state index in [-0.39, 0.29) is 6.54 Å². The van der Waals surface area contributed by atoms with Gasteiger partial charge in [-0.2, -0.15) is 17.4 Å². The zero-order valence-electron chi connectivity index (χ0n) is 9.22. The molecule has 1 rings (SSSR count). The minimum atomic E-state index is -3.59. The van der Waals surface area contributed by atoms with Crippen LogP contribution >= 0.6 is 0 Å². The van der Waals surface area contributed by atoms with Gasteiger partial charge in [0.1, 0.15) is 0 Å². The van der Waals surface area contributed by atoms with Crippen molar-refractivity contribution < 1.29 is 23.4 Å². The fourth-order valence-corrected chi connectivity index (χ4v) is 2.49. The van der Waals surface area contributed by atoms with Crippen LogP contribution in [0.4, 0.5) is 0 Å². The molecule has 0 aliphatic carbocycles. The molecule has 1 saturated heterocycles. The van der Waals surface area contributed by atoms with E-state index >= 15 is 0 Å². The molecular weight excluding hydrogens is 236 g/mol. The van der Waals surface area contributed by atoms with Crippen molar-refractivity contribution in [3.63, 3.8) is 0 Å². The molecule has 1 fully saturated rings. The smallest absolute Gasteiger partial charge is 0.279 e. The summed E-state index contributed by atoms with van der Waals surface area (Å²) in [6, 6.07) is 0. The van der Waals surface area contributed by atoms with Gasteiger partial charge in [-0.15, -0.1) is 0 Å². The molecule has 0 bridgehead atoms. The molecule has 0 aromatic heterocycles. The van der Waals surface area contributed by atoms with Gasteiger partial charge in [-0.05, 0) is 6.92 Å². The summed E-state index contributed by atoms with van der Waals surface area (Å²) < 4.78 is 32.0. The highest BCUT2D eigenvalue weighted by atomic mass is 32.2. The molecule has 1 heterocycles. The maximum Gasteiger partial charge on any atom is 0.279 e. The van der Waals surface area contributed by atoms with Crippen LogP contribution in [0.25, 0.3) is 0 Å². The van der Waals surface area contributed by atoms with Crippen molar-refractivity contribution in [2.45, 2.75) is 12.5 Å². The molecule has 1 aliphatic rings. The van der Waals surface area contributed by atoms with Crippen LogP contribution in [0.15, 0.2) is 0 Å². The Morgan fingerprint density at radius 2 is 2.00 bits per heavy atom. The first-order chi connectivity index (χ1) is 7.37. The van der Waals surface area contributed by atoms with Crippen molar-refractivity contribution in [2.24, 2.45) is 0 Å². The van der Waals surface area contributed by atoms with E-state index in [4.69, 9.17) is 9.84 Å². The van der Waals surface area contributed by atoms with Crippen LogP contribution in [0, 0.1) is 0 Å². The number of hydrogen-bond acceptors (Lipinski definition) is 5. The van der Waals surface area contributed by atoms with E-state index in [2.05, 4.69) is 4.72 Å². The first kappa shape index (κ1) is 13.8. The third-order valence-electron chi connectivity index (χ3n) is 2.29. The fraction of sp³-hybridized carbons (Fsp3) is 1.00. The van der Waals surface area contributed by atoms with Gasteiger partial charge in [-0.3, -0.25) is 0 Å². The highest BCUT2D eigenvalue weighted by Crippen LogP contribution is 2.05. The summed E-state index contributed by atoms with van der Waals surface area (Å²) in [6.45, 7) is 1.98. The maximum atomic E-state index is 11.7. The van der Waals surface area contributed by atoms with E-state index < -0.39 is 22.4 Å². The number of rotatable bonds is 5. The van der Waals surface area contributed by atoms with Gasteiger partial charge in [0, 0.05) is 19.6 Å². The molecule has 1 aliphatic heterocycles. The molecule has 1 unspecified atom stereocenters. The van der Waals surface area contributed by atoms with Crippen molar-refractivity contribution in [3.05, 3.63) is 0 Å². The molecule has 0 spiro atoms. The van der Waals surface area contributed by atoms with Crippen molar-refractivity contribution in [3.8, 4) is 0 Å². The molecule has 3 N–H and O–H groups in total. The summed E-state index contributed by atoms with van der Waals surface area (Å²) in [7, 11) is -3.59. The van der Waals surface area contributed by atoms with Crippen molar-refractivity contribution in [1.82, 2.24) is 9.03 Å². The van der Waals surface area contributed by atoms with Gasteiger partial charge >= 0.3 is 0 Å². The van der Waals surface area contributed by atoms with Crippen molar-refractivity contribution in [1.29, 1.82) is 0 Å². The van der Waals surface area contributed by atoms with Crippen LogP contribution in [-0.2, 0) is 14.9 Å². The Morgan fingerprint density at radius 3 is 2.50 bits per heavy atom. The van der Waals surface area contributed by atoms with E-state index in [0.717, 1.165) is 0 Å². The third-order valence-corrected chi connectivity index (χ3v) is 3.84. The monoisotopic (exact) mass is 254 g/mol. The first-order valence-corrected chi connectivity index (χ1v) is 6.47. The van der Waals surface area contributed by atoms with E-state index in [9.17, 15) is 13.5 Å². The van der Waals surface area contributed by atoms with Gasteiger partial charge in [0.2, 0.25) is 0 Å². The summed E-state index contributed by atoms with van der Waals surface area (Å²) in [6.07, 6.45) is 0. The average Bonchev–Trinajstić information content (AvgIpc) is 2.28. The van der Waals surface area contributed by atoms with Gasteiger partial charge < -0.3 is 14.9 Å². The van der Waals surface area contributed by atoms with Crippen LogP contribution < -0.4 is 4.72 Å². The van der Waals surface area contributed by atoms with Gasteiger partial charge in [-0.25, -0.2) is 0 Å². The van der Waals surface area contributed by atoms with E-state index in [0.29, 0.717) is 26.3 Å². The highest BCUT2D eigenvalue weighted by molar-refractivity contribution is 7.87. The Labute approximate surface area is 95.2 Å². The number of hydrogen-bond donors (Lipinski definition) is 3. The Kier molecular flexibility index (Phi) is 4.65. The second-order valence-corrected chi connectivity index (χ2v) is 5.75. The molecule has 7 nitrogen and oxygen atoms in total. The normalized spacial score (nSPS) is 22.9. The van der Waals surface area contributed by atoms with Crippen LogP contribution in [0.2, 0.25) is 0 Å². The van der Waals surface area contributed by atoms with E-state index in [1.807, 2.05) is 0 Å². The molecule has 0 amide bonds. The molecule has 0 aromatic rings. The topological polar surface area (TPSA) is 99.1 Å². The fourth-order valence-electron chi connectivity index (χ4n) is 1.18. The van der Waals surface area contributed by atoms with Gasteiger partial charge in [-0.1, -0.05) is 0 Å². The lowest BCUT2D eigenvalue weighted by Crippen LogP contribution is -2.51. The summed E-state index contributed by atoms with van der Waals surface area (Å²) in [5.41, 5.74) is -1.45. The molecule has 1 atom stereocenters. The molecule has 0 aromatic carbocycles. The summed E-state index contributed by atoms with van der Waals surface area (Å²) >= 11 is 0. The third kappa shape index (κ3) is 3.96. The van der Waals surface area contributed by atoms with Gasteiger partial charge in [0.25, 0.3) is 10.2 Å². The number of nitrogens with one attached hydrogen (secondary N) is 1. The minimum absolute atomic E-state index is 0.219. The second kappa shape index (κ2) is 5.39. The number of aliphatic hydroxyl groups excluding tert-OH is 1. The molecule has 8 heteroatoms. The van der Waals surface area contributed by atoms with Crippen LogP contribution in [-0.4, -0.2) is 68.0 Å². The zero-order valence-corrected chi connectivity index (χ0v) is 10.0. The largest absolute Gasteiger partial charge is 0.393 e. The quantitative estimate of drug-likeness (QED) is 0.522. The second-order valence-electron chi connectivity index (χ2n) is 3.99. The Morgan fingerprint density at radius 1 is 1.44 bits per heavy atom. The standard InChI is InChI=1S/C8H18N2O5S/c1-8(12,7-11)6-9-16(13,14)10-2-4-15-5-3-10/h9,11-12H,2-7H2,1H3. The van der Waals surface area contributed by atoms with Crippen molar-refractivity contribution >= 4 is 10.2 Å². The molecule has 0 saturated carbocycles. The molecule has 0 radical (unpaired) electrons. The lowest BCUT2D eigenvalue weighted by atomic mass is 10.1. The summed E-state index contributed by atoms with van der Waals surface area (Å²) in [4.78, 5) is 0.